The summed E-state index contributed by atoms with van der Waals surface area (Å²) in [4.78, 5) is 21.4. The summed E-state index contributed by atoms with van der Waals surface area (Å²) in [6.45, 7) is 4.39. The number of carbonyl (C=O) groups is 1. The van der Waals surface area contributed by atoms with Crippen LogP contribution >= 0.6 is 23.2 Å². The minimum atomic E-state index is -0.0894. The third kappa shape index (κ3) is 3.57. The molecule has 3 heterocycles. The Hall–Kier alpha value is -2.57. The normalized spacial score (nSPS) is 14.4. The smallest absolute Gasteiger partial charge is 0.259 e. The standard InChI is InChI=1S/C20H19Cl2N5O/c1-14-18(19(22)27(24-14)16-5-3-2-4-6-16)20(28)26-11-9-25(10-12-26)17-8-7-15(21)13-23-17/h2-8,13H,9-12H2,1H3. The number of halogens is 2. The summed E-state index contributed by atoms with van der Waals surface area (Å²) >= 11 is 12.4. The third-order valence-electron chi connectivity index (χ3n) is 4.82. The lowest BCUT2D eigenvalue weighted by Crippen LogP contribution is -2.49. The van der Waals surface area contributed by atoms with E-state index in [4.69, 9.17) is 23.2 Å². The van der Waals surface area contributed by atoms with Gasteiger partial charge in [0.25, 0.3) is 5.91 Å². The van der Waals surface area contributed by atoms with Crippen LogP contribution in [0, 0.1) is 6.92 Å². The molecule has 0 aliphatic carbocycles. The first-order chi connectivity index (χ1) is 13.5. The zero-order valence-corrected chi connectivity index (χ0v) is 16.9. The Labute approximate surface area is 173 Å². The van der Waals surface area contributed by atoms with E-state index in [-0.39, 0.29) is 5.91 Å². The average molecular weight is 416 g/mol. The minimum Gasteiger partial charge on any atom is -0.353 e. The first-order valence-electron chi connectivity index (χ1n) is 9.01. The van der Waals surface area contributed by atoms with E-state index in [2.05, 4.69) is 15.0 Å². The number of aryl methyl sites for hydroxylation is 1. The van der Waals surface area contributed by atoms with Crippen LogP contribution in [0.4, 0.5) is 5.82 Å². The molecule has 4 rings (SSSR count). The van der Waals surface area contributed by atoms with Crippen LogP contribution in [-0.4, -0.2) is 51.8 Å². The number of benzene rings is 1. The molecule has 6 nitrogen and oxygen atoms in total. The summed E-state index contributed by atoms with van der Waals surface area (Å²) in [5.74, 6) is 0.774. The van der Waals surface area contributed by atoms with Gasteiger partial charge in [-0.2, -0.15) is 5.10 Å². The van der Waals surface area contributed by atoms with Crippen LogP contribution in [0.1, 0.15) is 16.1 Å². The van der Waals surface area contributed by atoms with Gasteiger partial charge >= 0.3 is 0 Å². The Morgan fingerprint density at radius 2 is 1.71 bits per heavy atom. The van der Waals surface area contributed by atoms with Crippen molar-refractivity contribution in [1.82, 2.24) is 19.7 Å². The molecule has 1 aliphatic rings. The summed E-state index contributed by atoms with van der Waals surface area (Å²) < 4.78 is 1.61. The molecule has 2 aromatic heterocycles. The fourth-order valence-corrected chi connectivity index (χ4v) is 3.80. The number of rotatable bonds is 3. The van der Waals surface area contributed by atoms with Gasteiger partial charge in [-0.1, -0.05) is 41.4 Å². The molecule has 1 aliphatic heterocycles. The summed E-state index contributed by atoms with van der Waals surface area (Å²) in [7, 11) is 0. The summed E-state index contributed by atoms with van der Waals surface area (Å²) in [6, 6.07) is 13.3. The van der Waals surface area contributed by atoms with Crippen molar-refractivity contribution >= 4 is 34.9 Å². The van der Waals surface area contributed by atoms with Crippen molar-refractivity contribution < 1.29 is 4.79 Å². The Bertz CT molecular complexity index is 980. The number of hydrogen-bond acceptors (Lipinski definition) is 4. The molecule has 0 spiro atoms. The topological polar surface area (TPSA) is 54.3 Å². The number of carbonyl (C=O) groups excluding carboxylic acids is 1. The van der Waals surface area contributed by atoms with Crippen molar-refractivity contribution in [2.45, 2.75) is 6.92 Å². The SMILES string of the molecule is Cc1nn(-c2ccccc2)c(Cl)c1C(=O)N1CCN(c2ccc(Cl)cn2)CC1. The second kappa shape index (κ2) is 7.81. The van der Waals surface area contributed by atoms with Gasteiger partial charge in [0.2, 0.25) is 0 Å². The number of amides is 1. The Morgan fingerprint density at radius 3 is 2.36 bits per heavy atom. The Kier molecular flexibility index (Phi) is 5.24. The van der Waals surface area contributed by atoms with Crippen LogP contribution in [-0.2, 0) is 0 Å². The Balaban J connectivity index is 1.50. The fourth-order valence-electron chi connectivity index (χ4n) is 3.33. The highest BCUT2D eigenvalue weighted by Gasteiger charge is 2.28. The lowest BCUT2D eigenvalue weighted by Gasteiger charge is -2.35. The van der Waals surface area contributed by atoms with Crippen molar-refractivity contribution in [2.24, 2.45) is 0 Å². The van der Waals surface area contributed by atoms with Gasteiger partial charge in [0, 0.05) is 32.4 Å². The van der Waals surface area contributed by atoms with Gasteiger partial charge in [0.1, 0.15) is 11.0 Å². The molecule has 3 aromatic rings. The number of anilines is 1. The molecule has 0 radical (unpaired) electrons. The fraction of sp³-hybridized carbons (Fsp3) is 0.250. The van der Waals surface area contributed by atoms with Gasteiger partial charge < -0.3 is 9.80 Å². The largest absolute Gasteiger partial charge is 0.353 e. The molecule has 1 fully saturated rings. The number of hydrogen-bond donors (Lipinski definition) is 0. The molecule has 8 heteroatoms. The zero-order valence-electron chi connectivity index (χ0n) is 15.3. The maximum atomic E-state index is 13.1. The van der Waals surface area contributed by atoms with Crippen molar-refractivity contribution in [2.75, 3.05) is 31.1 Å². The van der Waals surface area contributed by atoms with Crippen LogP contribution in [0.15, 0.2) is 48.7 Å². The highest BCUT2D eigenvalue weighted by atomic mass is 35.5. The predicted molar refractivity (Wildman–Crippen MR) is 111 cm³/mol. The average Bonchev–Trinajstić information content (AvgIpc) is 3.03. The van der Waals surface area contributed by atoms with Crippen LogP contribution < -0.4 is 4.90 Å². The molecule has 1 amide bonds. The number of piperazine rings is 1. The maximum absolute atomic E-state index is 13.1. The van der Waals surface area contributed by atoms with Crippen LogP contribution in [0.25, 0.3) is 5.69 Å². The van der Waals surface area contributed by atoms with Gasteiger partial charge in [-0.15, -0.1) is 0 Å². The maximum Gasteiger partial charge on any atom is 0.259 e. The number of aromatic nitrogens is 3. The molecule has 1 aromatic carbocycles. The molecule has 0 unspecified atom stereocenters. The van der Waals surface area contributed by atoms with E-state index in [0.29, 0.717) is 47.6 Å². The monoisotopic (exact) mass is 415 g/mol. The number of nitrogens with zero attached hydrogens (tertiary/aromatic N) is 5. The molecule has 28 heavy (non-hydrogen) atoms. The molecular weight excluding hydrogens is 397 g/mol. The van der Waals surface area contributed by atoms with Crippen molar-refractivity contribution in [3.8, 4) is 5.69 Å². The van der Waals surface area contributed by atoms with Crippen LogP contribution in [0.3, 0.4) is 0 Å². The van der Waals surface area contributed by atoms with Crippen molar-refractivity contribution in [3.05, 3.63) is 70.1 Å². The van der Waals surface area contributed by atoms with Gasteiger partial charge in [0.05, 0.1) is 22.0 Å². The van der Waals surface area contributed by atoms with E-state index >= 15 is 0 Å². The summed E-state index contributed by atoms with van der Waals surface area (Å²) in [5.41, 5.74) is 1.91. The zero-order chi connectivity index (χ0) is 19.7. The lowest BCUT2D eigenvalue weighted by molar-refractivity contribution is 0.0746. The van der Waals surface area contributed by atoms with E-state index in [1.165, 1.54) is 0 Å². The lowest BCUT2D eigenvalue weighted by atomic mass is 10.2. The second-order valence-corrected chi connectivity index (χ2v) is 7.41. The van der Waals surface area contributed by atoms with Crippen LogP contribution in [0.5, 0.6) is 0 Å². The van der Waals surface area contributed by atoms with Gasteiger partial charge in [0.15, 0.2) is 0 Å². The van der Waals surface area contributed by atoms with Gasteiger partial charge in [-0.05, 0) is 31.2 Å². The van der Waals surface area contributed by atoms with E-state index in [0.717, 1.165) is 11.5 Å². The van der Waals surface area contributed by atoms with Crippen LogP contribution in [0.2, 0.25) is 10.2 Å². The van der Waals surface area contributed by atoms with E-state index < -0.39 is 0 Å². The molecule has 1 saturated heterocycles. The molecule has 0 atom stereocenters. The van der Waals surface area contributed by atoms with Crippen molar-refractivity contribution in [3.63, 3.8) is 0 Å². The van der Waals surface area contributed by atoms with E-state index in [1.807, 2.05) is 54.3 Å². The minimum absolute atomic E-state index is 0.0894. The predicted octanol–water partition coefficient (Wildman–Crippen LogP) is 3.84. The van der Waals surface area contributed by atoms with E-state index in [1.54, 1.807) is 10.9 Å². The molecule has 0 bridgehead atoms. The van der Waals surface area contributed by atoms with Crippen molar-refractivity contribution in [1.29, 1.82) is 0 Å². The molecule has 144 valence electrons. The quantitative estimate of drug-likeness (QED) is 0.651. The first kappa shape index (κ1) is 18.8. The summed E-state index contributed by atoms with van der Waals surface area (Å²) in [5, 5.41) is 5.42. The highest BCUT2D eigenvalue weighted by molar-refractivity contribution is 6.33. The summed E-state index contributed by atoms with van der Waals surface area (Å²) in [6.07, 6.45) is 1.63. The third-order valence-corrected chi connectivity index (χ3v) is 5.39. The molecule has 0 saturated carbocycles. The molecular formula is C20H19Cl2N5O. The van der Waals surface area contributed by atoms with Gasteiger partial charge in [-0.3, -0.25) is 4.79 Å². The Morgan fingerprint density at radius 1 is 1.00 bits per heavy atom. The van der Waals surface area contributed by atoms with E-state index in [9.17, 15) is 4.79 Å². The van der Waals surface area contributed by atoms with Gasteiger partial charge in [-0.25, -0.2) is 9.67 Å². The number of para-hydroxylation sites is 1. The highest BCUT2D eigenvalue weighted by Crippen LogP contribution is 2.26. The number of pyridine rings is 1. The first-order valence-corrected chi connectivity index (χ1v) is 9.76. The molecule has 0 N–H and O–H groups in total. The second-order valence-electron chi connectivity index (χ2n) is 6.61.